The summed E-state index contributed by atoms with van der Waals surface area (Å²) in [6.07, 6.45) is 0. The second-order valence-electron chi connectivity index (χ2n) is 6.43. The summed E-state index contributed by atoms with van der Waals surface area (Å²) >= 11 is 0. The predicted octanol–water partition coefficient (Wildman–Crippen LogP) is 0.814. The molecule has 1 aliphatic rings. The molecule has 1 aromatic heterocycles. The minimum atomic E-state index is -3.45. The van der Waals surface area contributed by atoms with Gasteiger partial charge in [-0.3, -0.25) is 4.79 Å². The van der Waals surface area contributed by atoms with E-state index in [1.54, 1.807) is 31.2 Å². The van der Waals surface area contributed by atoms with Crippen molar-refractivity contribution in [2.24, 2.45) is 0 Å². The number of sulfonamides is 1. The smallest absolute Gasteiger partial charge is 0.377 e. The van der Waals surface area contributed by atoms with Gasteiger partial charge in [-0.05, 0) is 12.5 Å². The van der Waals surface area contributed by atoms with Crippen LogP contribution in [0.4, 0.5) is 0 Å². The van der Waals surface area contributed by atoms with E-state index in [-0.39, 0.29) is 43.6 Å². The van der Waals surface area contributed by atoms with Crippen LogP contribution in [0.1, 0.15) is 21.8 Å². The number of amides is 1. The van der Waals surface area contributed by atoms with Gasteiger partial charge >= 0.3 is 5.97 Å². The summed E-state index contributed by atoms with van der Waals surface area (Å²) in [5.74, 6) is -1.29. The van der Waals surface area contributed by atoms with Gasteiger partial charge in [-0.25, -0.2) is 13.2 Å². The van der Waals surface area contributed by atoms with Crippen molar-refractivity contribution >= 4 is 21.9 Å². The van der Waals surface area contributed by atoms with Crippen molar-refractivity contribution in [2.75, 3.05) is 32.8 Å². The Balaban J connectivity index is 1.47. The number of nitrogens with zero attached hydrogens (tertiary/aromatic N) is 3. The molecule has 0 atom stereocenters. The summed E-state index contributed by atoms with van der Waals surface area (Å²) in [5, 5.41) is 3.58. The molecule has 28 heavy (non-hydrogen) atoms. The number of aryl methyl sites for hydroxylation is 1. The first-order valence-electron chi connectivity index (χ1n) is 8.75. The van der Waals surface area contributed by atoms with Gasteiger partial charge in [0.15, 0.2) is 6.61 Å². The highest BCUT2D eigenvalue weighted by molar-refractivity contribution is 7.88. The van der Waals surface area contributed by atoms with Gasteiger partial charge in [0.2, 0.25) is 15.8 Å². The first kappa shape index (κ1) is 20.0. The van der Waals surface area contributed by atoms with Crippen LogP contribution < -0.4 is 0 Å². The molecule has 0 saturated carbocycles. The standard InChI is InChI=1S/C18H21N3O6S/c1-14-11-16(27-19-14)18(23)26-12-17(22)20-7-9-21(10-8-20)28(24,25)13-15-5-3-2-4-6-15/h2-6,11H,7-10,12-13H2,1H3. The van der Waals surface area contributed by atoms with Crippen molar-refractivity contribution in [2.45, 2.75) is 12.7 Å². The molecule has 1 saturated heterocycles. The molecule has 0 aliphatic carbocycles. The number of hydrogen-bond donors (Lipinski definition) is 0. The lowest BCUT2D eigenvalue weighted by molar-refractivity contribution is -0.135. The fraction of sp³-hybridized carbons (Fsp3) is 0.389. The molecule has 3 rings (SSSR count). The summed E-state index contributed by atoms with van der Waals surface area (Å²) in [5.41, 5.74) is 1.25. The first-order valence-corrected chi connectivity index (χ1v) is 10.4. The quantitative estimate of drug-likeness (QED) is 0.652. The molecule has 1 aliphatic heterocycles. The Labute approximate surface area is 162 Å². The Hall–Kier alpha value is -2.72. The van der Waals surface area contributed by atoms with Crippen LogP contribution >= 0.6 is 0 Å². The minimum absolute atomic E-state index is 0.0675. The van der Waals surface area contributed by atoms with Gasteiger partial charge < -0.3 is 14.2 Å². The number of hydrogen-bond acceptors (Lipinski definition) is 7. The van der Waals surface area contributed by atoms with Crippen molar-refractivity contribution in [3.05, 3.63) is 53.4 Å². The van der Waals surface area contributed by atoms with Crippen LogP contribution in [0.2, 0.25) is 0 Å². The number of rotatable bonds is 6. The third kappa shape index (κ3) is 4.96. The molecular formula is C18H21N3O6S. The van der Waals surface area contributed by atoms with Gasteiger partial charge in [-0.2, -0.15) is 4.31 Å². The van der Waals surface area contributed by atoms with E-state index in [1.165, 1.54) is 15.3 Å². The molecule has 0 bridgehead atoms. The van der Waals surface area contributed by atoms with Crippen LogP contribution in [0.25, 0.3) is 0 Å². The maximum absolute atomic E-state index is 12.5. The molecule has 10 heteroatoms. The monoisotopic (exact) mass is 407 g/mol. The van der Waals surface area contributed by atoms with Crippen LogP contribution in [0.15, 0.2) is 40.9 Å². The molecule has 1 amide bonds. The molecular weight excluding hydrogens is 386 g/mol. The molecule has 0 unspecified atom stereocenters. The fourth-order valence-electron chi connectivity index (χ4n) is 2.84. The van der Waals surface area contributed by atoms with E-state index in [1.807, 2.05) is 6.07 Å². The van der Waals surface area contributed by atoms with E-state index in [0.29, 0.717) is 5.69 Å². The molecule has 0 spiro atoms. The van der Waals surface area contributed by atoms with Crippen LogP contribution in [0.5, 0.6) is 0 Å². The zero-order chi connectivity index (χ0) is 20.1. The molecule has 0 radical (unpaired) electrons. The Morgan fingerprint density at radius 3 is 2.43 bits per heavy atom. The molecule has 1 fully saturated rings. The molecule has 1 aromatic carbocycles. The van der Waals surface area contributed by atoms with Gasteiger partial charge in [0.25, 0.3) is 5.91 Å². The van der Waals surface area contributed by atoms with Gasteiger partial charge in [0.05, 0.1) is 11.4 Å². The summed E-state index contributed by atoms with van der Waals surface area (Å²) in [4.78, 5) is 25.5. The fourth-order valence-corrected chi connectivity index (χ4v) is 4.36. The maximum atomic E-state index is 12.5. The number of carbonyl (C=O) groups excluding carboxylic acids is 2. The Bertz CT molecular complexity index is 933. The molecule has 2 aromatic rings. The lowest BCUT2D eigenvalue weighted by Gasteiger charge is -2.33. The van der Waals surface area contributed by atoms with Gasteiger partial charge in [-0.15, -0.1) is 0 Å². The van der Waals surface area contributed by atoms with Gasteiger partial charge in [0.1, 0.15) is 0 Å². The second-order valence-corrected chi connectivity index (χ2v) is 8.40. The first-order chi connectivity index (χ1) is 13.3. The van der Waals surface area contributed by atoms with Gasteiger partial charge in [-0.1, -0.05) is 35.5 Å². The number of piperazine rings is 1. The lowest BCUT2D eigenvalue weighted by Crippen LogP contribution is -2.51. The number of benzene rings is 1. The molecule has 0 N–H and O–H groups in total. The Morgan fingerprint density at radius 1 is 1.14 bits per heavy atom. The summed E-state index contributed by atoms with van der Waals surface area (Å²) < 4.78 is 36.2. The molecule has 150 valence electrons. The zero-order valence-corrected chi connectivity index (χ0v) is 16.2. The summed E-state index contributed by atoms with van der Waals surface area (Å²) in [7, 11) is -3.45. The third-order valence-corrected chi connectivity index (χ3v) is 6.18. The average Bonchev–Trinajstić information content (AvgIpc) is 3.13. The van der Waals surface area contributed by atoms with E-state index in [9.17, 15) is 18.0 Å². The summed E-state index contributed by atoms with van der Waals surface area (Å²) in [6.45, 7) is 2.12. The normalized spacial score (nSPS) is 15.4. The third-order valence-electron chi connectivity index (χ3n) is 4.33. The van der Waals surface area contributed by atoms with Crippen LogP contribution in [-0.4, -0.2) is 67.4 Å². The number of carbonyl (C=O) groups is 2. The maximum Gasteiger partial charge on any atom is 0.377 e. The lowest BCUT2D eigenvalue weighted by atomic mass is 10.2. The Morgan fingerprint density at radius 2 is 1.82 bits per heavy atom. The van der Waals surface area contributed by atoms with Gasteiger partial charge in [0, 0.05) is 32.2 Å². The van der Waals surface area contributed by atoms with E-state index >= 15 is 0 Å². The highest BCUT2D eigenvalue weighted by Crippen LogP contribution is 2.14. The van der Waals surface area contributed by atoms with Crippen molar-refractivity contribution in [1.29, 1.82) is 0 Å². The van der Waals surface area contributed by atoms with Crippen molar-refractivity contribution in [3.63, 3.8) is 0 Å². The minimum Gasteiger partial charge on any atom is -0.450 e. The van der Waals surface area contributed by atoms with E-state index in [2.05, 4.69) is 5.16 Å². The number of aromatic nitrogens is 1. The van der Waals surface area contributed by atoms with E-state index in [4.69, 9.17) is 9.26 Å². The second kappa shape index (κ2) is 8.53. The van der Waals surface area contributed by atoms with Crippen molar-refractivity contribution in [3.8, 4) is 0 Å². The largest absolute Gasteiger partial charge is 0.450 e. The van der Waals surface area contributed by atoms with E-state index < -0.39 is 22.6 Å². The van der Waals surface area contributed by atoms with Crippen LogP contribution in [0.3, 0.4) is 0 Å². The highest BCUT2D eigenvalue weighted by atomic mass is 32.2. The zero-order valence-electron chi connectivity index (χ0n) is 15.4. The highest BCUT2D eigenvalue weighted by Gasteiger charge is 2.29. The average molecular weight is 407 g/mol. The predicted molar refractivity (Wildman–Crippen MR) is 98.7 cm³/mol. The van der Waals surface area contributed by atoms with E-state index in [0.717, 1.165) is 5.56 Å². The van der Waals surface area contributed by atoms with Crippen molar-refractivity contribution in [1.82, 2.24) is 14.4 Å². The number of ether oxygens (including phenoxy) is 1. The topological polar surface area (TPSA) is 110 Å². The number of esters is 1. The van der Waals surface area contributed by atoms with Crippen molar-refractivity contribution < 1.29 is 27.3 Å². The van der Waals surface area contributed by atoms with Crippen LogP contribution in [0, 0.1) is 6.92 Å². The SMILES string of the molecule is Cc1cc(C(=O)OCC(=O)N2CCN(S(=O)(=O)Cc3ccccc3)CC2)on1. The van der Waals surface area contributed by atoms with Crippen LogP contribution in [-0.2, 0) is 25.3 Å². The summed E-state index contributed by atoms with van der Waals surface area (Å²) in [6, 6.07) is 10.4. The molecule has 9 nitrogen and oxygen atoms in total. The molecule has 2 heterocycles. The Kier molecular flexibility index (Phi) is 6.10.